The topological polar surface area (TPSA) is 29.5 Å². The van der Waals surface area contributed by atoms with Crippen LogP contribution in [0, 0.1) is 5.82 Å². The third-order valence-electron chi connectivity index (χ3n) is 3.76. The molecule has 140 valence electrons. The van der Waals surface area contributed by atoms with Crippen molar-refractivity contribution in [2.45, 2.75) is 33.1 Å². The Kier molecular flexibility index (Phi) is 6.23. The van der Waals surface area contributed by atoms with Crippen LogP contribution in [0.25, 0.3) is 0 Å². The van der Waals surface area contributed by atoms with Gasteiger partial charge in [0.25, 0.3) is 0 Å². The van der Waals surface area contributed by atoms with Crippen LogP contribution in [0.5, 0.6) is 5.75 Å². The van der Waals surface area contributed by atoms with E-state index in [1.165, 1.54) is 47.4 Å². The summed E-state index contributed by atoms with van der Waals surface area (Å²) in [5.41, 5.74) is 1.85. The zero-order chi connectivity index (χ0) is 19.3. The summed E-state index contributed by atoms with van der Waals surface area (Å²) in [5, 5.41) is 0. The fraction of sp³-hybridized carbons (Fsp3) is 0.316. The zero-order valence-electron chi connectivity index (χ0n) is 14.4. The van der Waals surface area contributed by atoms with Crippen LogP contribution < -0.4 is 9.64 Å². The summed E-state index contributed by atoms with van der Waals surface area (Å²) < 4.78 is 53.8. The average molecular weight is 369 g/mol. The molecule has 0 radical (unpaired) electrons. The number of ether oxygens (including phenoxy) is 1. The van der Waals surface area contributed by atoms with Crippen LogP contribution in [0.1, 0.15) is 25.0 Å². The van der Waals surface area contributed by atoms with Crippen molar-refractivity contribution in [1.29, 1.82) is 0 Å². The molecule has 2 aromatic rings. The summed E-state index contributed by atoms with van der Waals surface area (Å²) in [7, 11) is 0. The highest BCUT2D eigenvalue weighted by atomic mass is 19.4. The summed E-state index contributed by atoms with van der Waals surface area (Å²) in [6.45, 7) is 4.39. The maximum atomic E-state index is 12.9. The van der Waals surface area contributed by atoms with Gasteiger partial charge in [0.15, 0.2) is 0 Å². The number of amides is 1. The molecule has 3 rings (SSSR count). The largest absolute Gasteiger partial charge is 0.573 e. The molecule has 2 aromatic carbocycles. The van der Waals surface area contributed by atoms with Gasteiger partial charge in [-0.3, -0.25) is 4.79 Å². The van der Waals surface area contributed by atoms with Gasteiger partial charge in [-0.25, -0.2) is 4.39 Å². The number of alkyl halides is 3. The molecular formula is C19H19F4NO2. The van der Waals surface area contributed by atoms with E-state index < -0.39 is 12.2 Å². The van der Waals surface area contributed by atoms with Crippen molar-refractivity contribution in [3.8, 4) is 5.75 Å². The number of hydrogen-bond donors (Lipinski definition) is 0. The molecule has 1 aliphatic heterocycles. The highest BCUT2D eigenvalue weighted by molar-refractivity contribution is 5.97. The zero-order valence-corrected chi connectivity index (χ0v) is 14.4. The normalized spacial score (nSPS) is 12.9. The van der Waals surface area contributed by atoms with E-state index in [4.69, 9.17) is 0 Å². The number of carbonyl (C=O) groups excluding carboxylic acids is 1. The van der Waals surface area contributed by atoms with Gasteiger partial charge in [0.05, 0.1) is 12.1 Å². The van der Waals surface area contributed by atoms with Crippen LogP contribution in [0.3, 0.4) is 0 Å². The second-order valence-electron chi connectivity index (χ2n) is 5.44. The molecule has 7 heteroatoms. The highest BCUT2D eigenvalue weighted by Gasteiger charge is 2.32. The van der Waals surface area contributed by atoms with Crippen molar-refractivity contribution >= 4 is 11.6 Å². The van der Waals surface area contributed by atoms with Gasteiger partial charge >= 0.3 is 6.36 Å². The Labute approximate surface area is 149 Å². The van der Waals surface area contributed by atoms with Crippen LogP contribution in [-0.2, 0) is 17.6 Å². The quantitative estimate of drug-likeness (QED) is 0.722. The fourth-order valence-electron chi connectivity index (χ4n) is 2.69. The molecule has 0 spiro atoms. The van der Waals surface area contributed by atoms with Crippen LogP contribution in [0.2, 0.25) is 0 Å². The first kappa shape index (κ1) is 19.8. The summed E-state index contributed by atoms with van der Waals surface area (Å²) in [4.78, 5) is 13.9. The first-order chi connectivity index (χ1) is 12.3. The molecule has 0 aromatic heterocycles. The Bertz CT molecular complexity index is 757. The lowest BCUT2D eigenvalue weighted by molar-refractivity contribution is -0.274. The van der Waals surface area contributed by atoms with Crippen LogP contribution in [-0.4, -0.2) is 18.8 Å². The van der Waals surface area contributed by atoms with E-state index >= 15 is 0 Å². The predicted octanol–water partition coefficient (Wildman–Crippen LogP) is 4.88. The van der Waals surface area contributed by atoms with Crippen LogP contribution >= 0.6 is 0 Å². The molecule has 0 fully saturated rings. The van der Waals surface area contributed by atoms with E-state index in [1.54, 1.807) is 0 Å². The number of rotatable bonds is 3. The van der Waals surface area contributed by atoms with Crippen molar-refractivity contribution in [1.82, 2.24) is 0 Å². The van der Waals surface area contributed by atoms with Crippen molar-refractivity contribution in [2.75, 3.05) is 11.4 Å². The minimum Gasteiger partial charge on any atom is -0.406 e. The lowest BCUT2D eigenvalue weighted by Gasteiger charge is -2.18. The van der Waals surface area contributed by atoms with Crippen molar-refractivity contribution < 1.29 is 27.1 Å². The Morgan fingerprint density at radius 1 is 1.12 bits per heavy atom. The Balaban J connectivity index is 0.00000117. The maximum Gasteiger partial charge on any atom is 0.573 e. The number of carbonyl (C=O) groups is 1. The highest BCUT2D eigenvalue weighted by Crippen LogP contribution is 2.34. The molecule has 0 unspecified atom stereocenters. The van der Waals surface area contributed by atoms with Gasteiger partial charge in [0, 0.05) is 12.6 Å². The fourth-order valence-corrected chi connectivity index (χ4v) is 2.69. The van der Waals surface area contributed by atoms with Gasteiger partial charge in [-0.1, -0.05) is 32.0 Å². The Morgan fingerprint density at radius 2 is 1.77 bits per heavy atom. The first-order valence-electron chi connectivity index (χ1n) is 8.25. The molecule has 3 nitrogen and oxygen atoms in total. The smallest absolute Gasteiger partial charge is 0.406 e. The van der Waals surface area contributed by atoms with Gasteiger partial charge in [-0.05, 0) is 35.7 Å². The minimum atomic E-state index is -4.78. The van der Waals surface area contributed by atoms with Gasteiger partial charge in [0.2, 0.25) is 5.91 Å². The van der Waals surface area contributed by atoms with E-state index in [9.17, 15) is 22.4 Å². The van der Waals surface area contributed by atoms with E-state index in [-0.39, 0.29) is 18.1 Å². The molecule has 0 saturated carbocycles. The van der Waals surface area contributed by atoms with Crippen LogP contribution in [0.4, 0.5) is 23.2 Å². The summed E-state index contributed by atoms with van der Waals surface area (Å²) in [5.74, 6) is -1.01. The van der Waals surface area contributed by atoms with Crippen molar-refractivity contribution in [3.05, 3.63) is 59.4 Å². The number of fused-ring (bicyclic) bond motifs is 1. The second kappa shape index (κ2) is 8.21. The molecule has 26 heavy (non-hydrogen) atoms. The van der Waals surface area contributed by atoms with E-state index in [0.29, 0.717) is 24.2 Å². The number of anilines is 1. The van der Waals surface area contributed by atoms with Gasteiger partial charge in [-0.2, -0.15) is 0 Å². The molecule has 0 N–H and O–H groups in total. The number of hydrogen-bond acceptors (Lipinski definition) is 2. The predicted molar refractivity (Wildman–Crippen MR) is 90.6 cm³/mol. The standard InChI is InChI=1S/C17H13F4NO2.C2H6/c18-13-4-1-11(2-5-13)9-16(23)22-8-7-12-3-6-14(10-15(12)22)24-17(19,20)21;1-2/h1-6,10H,7-9H2;1-2H3. The molecule has 0 saturated heterocycles. The summed E-state index contributed by atoms with van der Waals surface area (Å²) >= 11 is 0. The molecule has 1 heterocycles. The monoisotopic (exact) mass is 369 g/mol. The lowest BCUT2D eigenvalue weighted by atomic mass is 10.1. The molecule has 0 aliphatic carbocycles. The molecular weight excluding hydrogens is 350 g/mol. The third-order valence-corrected chi connectivity index (χ3v) is 3.76. The van der Waals surface area contributed by atoms with E-state index in [0.717, 1.165) is 5.56 Å². The van der Waals surface area contributed by atoms with E-state index in [1.807, 2.05) is 13.8 Å². The number of nitrogens with zero attached hydrogens (tertiary/aromatic N) is 1. The third kappa shape index (κ3) is 4.97. The molecule has 1 amide bonds. The minimum absolute atomic E-state index is 0.0457. The first-order valence-corrected chi connectivity index (χ1v) is 8.25. The molecule has 1 aliphatic rings. The van der Waals surface area contributed by atoms with E-state index in [2.05, 4.69) is 4.74 Å². The van der Waals surface area contributed by atoms with Crippen molar-refractivity contribution in [3.63, 3.8) is 0 Å². The Hall–Kier alpha value is -2.57. The second-order valence-corrected chi connectivity index (χ2v) is 5.44. The summed E-state index contributed by atoms with van der Waals surface area (Å²) in [6, 6.07) is 9.52. The SMILES string of the molecule is CC.O=C(Cc1ccc(F)cc1)N1CCc2ccc(OC(F)(F)F)cc21. The van der Waals surface area contributed by atoms with Gasteiger partial charge < -0.3 is 9.64 Å². The maximum absolute atomic E-state index is 12.9. The Morgan fingerprint density at radius 3 is 2.38 bits per heavy atom. The van der Waals surface area contributed by atoms with Gasteiger partial charge in [-0.15, -0.1) is 13.2 Å². The lowest BCUT2D eigenvalue weighted by Crippen LogP contribution is -2.30. The van der Waals surface area contributed by atoms with Crippen molar-refractivity contribution in [2.24, 2.45) is 0 Å². The molecule has 0 atom stereocenters. The van der Waals surface area contributed by atoms with Gasteiger partial charge in [0.1, 0.15) is 11.6 Å². The molecule has 0 bridgehead atoms. The summed E-state index contributed by atoms with van der Waals surface area (Å²) in [6.07, 6.45) is -4.17. The average Bonchev–Trinajstić information content (AvgIpc) is 3.00. The number of benzene rings is 2. The van der Waals surface area contributed by atoms with Crippen LogP contribution in [0.15, 0.2) is 42.5 Å². The number of halogens is 4.